The van der Waals surface area contributed by atoms with Crippen LogP contribution in [0, 0.1) is 11.8 Å². The molecule has 0 saturated carbocycles. The van der Waals surface area contributed by atoms with Crippen LogP contribution >= 0.6 is 0 Å². The highest BCUT2D eigenvalue weighted by Crippen LogP contribution is 2.39. The first-order chi connectivity index (χ1) is 14.9. The fourth-order valence-corrected chi connectivity index (χ4v) is 5.30. The lowest BCUT2D eigenvalue weighted by Gasteiger charge is -2.34. The summed E-state index contributed by atoms with van der Waals surface area (Å²) in [6.45, 7) is 0.951. The number of carbonyl (C=O) groups excluding carboxylic acids is 1. The molecular weight excluding hydrogens is 463 g/mol. The molecule has 0 aromatic rings. The van der Waals surface area contributed by atoms with E-state index in [9.17, 15) is 40.4 Å². The van der Waals surface area contributed by atoms with Gasteiger partial charge in [0.2, 0.25) is 0 Å². The van der Waals surface area contributed by atoms with Gasteiger partial charge in [-0.1, -0.05) is 30.2 Å². The van der Waals surface area contributed by atoms with Gasteiger partial charge >= 0.3 is 22.3 Å². The van der Waals surface area contributed by atoms with Crippen molar-refractivity contribution in [2.75, 3.05) is 26.3 Å². The van der Waals surface area contributed by atoms with Crippen molar-refractivity contribution in [3.8, 4) is 0 Å². The van der Waals surface area contributed by atoms with E-state index in [1.165, 1.54) is 0 Å². The van der Waals surface area contributed by atoms with Crippen molar-refractivity contribution in [1.29, 1.82) is 0 Å². The molecule has 0 aromatic heterocycles. The molecule has 0 aliphatic carbocycles. The summed E-state index contributed by atoms with van der Waals surface area (Å²) >= 11 is 0. The van der Waals surface area contributed by atoms with Crippen LogP contribution in [0.25, 0.3) is 0 Å². The van der Waals surface area contributed by atoms with Crippen LogP contribution in [0.15, 0.2) is 0 Å². The second-order valence-corrected chi connectivity index (χ2v) is 10.2. The number of halogens is 5. The molecule has 32 heavy (non-hydrogen) atoms. The molecule has 0 spiro atoms. The number of piperidine rings is 1. The summed E-state index contributed by atoms with van der Waals surface area (Å²) in [6.07, 6.45) is -3.04. The van der Waals surface area contributed by atoms with Crippen molar-refractivity contribution in [2.24, 2.45) is 11.8 Å². The SMILES string of the molecule is O=C(C1CCOCC1)N(O)S(=O)(=O)N1CCC(CCCCCCC(F)(F)C(F)(F)F)CC1. The summed E-state index contributed by atoms with van der Waals surface area (Å²) in [7, 11) is -4.32. The minimum atomic E-state index is -5.51. The van der Waals surface area contributed by atoms with Gasteiger partial charge in [-0.25, -0.2) is 0 Å². The van der Waals surface area contributed by atoms with Crippen molar-refractivity contribution >= 4 is 16.1 Å². The highest BCUT2D eigenvalue weighted by molar-refractivity contribution is 7.87. The van der Waals surface area contributed by atoms with Crippen molar-refractivity contribution in [3.05, 3.63) is 0 Å². The van der Waals surface area contributed by atoms with E-state index >= 15 is 0 Å². The third-order valence-electron chi connectivity index (χ3n) is 6.15. The summed E-state index contributed by atoms with van der Waals surface area (Å²) in [5.74, 6) is -5.92. The second-order valence-electron chi connectivity index (χ2n) is 8.47. The molecule has 1 amide bonds. The third-order valence-corrected chi connectivity index (χ3v) is 7.78. The lowest BCUT2D eigenvalue weighted by Crippen LogP contribution is -2.50. The Hall–Kier alpha value is -1.05. The molecule has 7 nitrogen and oxygen atoms in total. The Morgan fingerprint density at radius 3 is 2.09 bits per heavy atom. The fourth-order valence-electron chi connectivity index (χ4n) is 4.03. The van der Waals surface area contributed by atoms with Gasteiger partial charge in [-0.2, -0.15) is 34.7 Å². The van der Waals surface area contributed by atoms with Crippen molar-refractivity contribution in [3.63, 3.8) is 0 Å². The number of amides is 1. The molecule has 2 heterocycles. The van der Waals surface area contributed by atoms with Crippen LogP contribution in [0.1, 0.15) is 64.2 Å². The van der Waals surface area contributed by atoms with Crippen LogP contribution in [0.5, 0.6) is 0 Å². The minimum absolute atomic E-state index is 0.142. The minimum Gasteiger partial charge on any atom is -0.381 e. The van der Waals surface area contributed by atoms with E-state index in [2.05, 4.69) is 0 Å². The van der Waals surface area contributed by atoms with Crippen LogP contribution in [0.2, 0.25) is 0 Å². The first kappa shape index (κ1) is 27.2. The topological polar surface area (TPSA) is 87.1 Å². The molecule has 2 rings (SSSR count). The van der Waals surface area contributed by atoms with E-state index in [0.717, 1.165) is 4.31 Å². The lowest BCUT2D eigenvalue weighted by atomic mass is 9.92. The summed E-state index contributed by atoms with van der Waals surface area (Å²) in [4.78, 5) is 12.3. The Kier molecular flexibility index (Phi) is 9.68. The molecule has 2 aliphatic rings. The first-order valence-corrected chi connectivity index (χ1v) is 12.3. The lowest BCUT2D eigenvalue weighted by molar-refractivity contribution is -0.284. The summed E-state index contributed by atoms with van der Waals surface area (Å²) in [6, 6.07) is 0. The third kappa shape index (κ3) is 7.22. The number of unbranched alkanes of at least 4 members (excludes halogenated alkanes) is 3. The number of hydroxylamine groups is 1. The number of alkyl halides is 5. The van der Waals surface area contributed by atoms with Crippen molar-refractivity contribution in [2.45, 2.75) is 76.3 Å². The molecule has 2 fully saturated rings. The molecule has 0 aromatic carbocycles. The zero-order chi connectivity index (χ0) is 24.0. The zero-order valence-corrected chi connectivity index (χ0v) is 18.6. The quantitative estimate of drug-likeness (QED) is 0.214. The van der Waals surface area contributed by atoms with Gasteiger partial charge in [-0.15, -0.1) is 0 Å². The van der Waals surface area contributed by atoms with Crippen LogP contribution < -0.4 is 0 Å². The van der Waals surface area contributed by atoms with Gasteiger partial charge in [0.05, 0.1) is 0 Å². The highest BCUT2D eigenvalue weighted by atomic mass is 32.2. The molecule has 188 valence electrons. The average molecular weight is 495 g/mol. The summed E-state index contributed by atoms with van der Waals surface area (Å²) in [5, 5.41) is 10.0. The van der Waals surface area contributed by atoms with Gasteiger partial charge < -0.3 is 4.74 Å². The predicted octanol–water partition coefficient (Wildman–Crippen LogP) is 4.13. The Morgan fingerprint density at radius 2 is 1.53 bits per heavy atom. The van der Waals surface area contributed by atoms with E-state index in [0.29, 0.717) is 58.2 Å². The normalized spacial score (nSPS) is 20.4. The largest absolute Gasteiger partial charge is 0.453 e. The van der Waals surface area contributed by atoms with E-state index in [4.69, 9.17) is 4.74 Å². The van der Waals surface area contributed by atoms with Crippen LogP contribution in [-0.4, -0.2) is 66.7 Å². The van der Waals surface area contributed by atoms with Gasteiger partial charge in [0.25, 0.3) is 5.91 Å². The van der Waals surface area contributed by atoms with Crippen molar-refractivity contribution < 1.29 is 45.1 Å². The Labute approximate surface area is 185 Å². The number of rotatable bonds is 10. The molecule has 0 atom stereocenters. The Bertz CT molecular complexity index is 705. The van der Waals surface area contributed by atoms with Gasteiger partial charge in [0, 0.05) is 38.6 Å². The maximum absolute atomic E-state index is 12.8. The van der Waals surface area contributed by atoms with Gasteiger partial charge in [-0.3, -0.25) is 10.0 Å². The molecule has 13 heteroatoms. The smallest absolute Gasteiger partial charge is 0.381 e. The summed E-state index contributed by atoms with van der Waals surface area (Å²) in [5.41, 5.74) is 0. The molecule has 1 N–H and O–H groups in total. The Morgan fingerprint density at radius 1 is 0.969 bits per heavy atom. The average Bonchev–Trinajstić information content (AvgIpc) is 2.75. The van der Waals surface area contributed by atoms with E-state index in [-0.39, 0.29) is 36.3 Å². The van der Waals surface area contributed by atoms with Gasteiger partial charge in [-0.05, 0) is 38.0 Å². The molecule has 0 unspecified atom stereocenters. The predicted molar refractivity (Wildman–Crippen MR) is 104 cm³/mol. The first-order valence-electron chi connectivity index (χ1n) is 10.9. The van der Waals surface area contributed by atoms with Gasteiger partial charge in [0.15, 0.2) is 0 Å². The second kappa shape index (κ2) is 11.4. The number of ether oxygens (including phenoxy) is 1. The molecule has 0 bridgehead atoms. The Balaban J connectivity index is 1.67. The monoisotopic (exact) mass is 494 g/mol. The van der Waals surface area contributed by atoms with Crippen LogP contribution in [-0.2, 0) is 19.7 Å². The highest BCUT2D eigenvalue weighted by Gasteiger charge is 2.56. The fraction of sp³-hybridized carbons (Fsp3) is 0.947. The number of nitrogens with zero attached hydrogens (tertiary/aromatic N) is 2. The van der Waals surface area contributed by atoms with Crippen LogP contribution in [0.3, 0.4) is 0 Å². The molecule has 2 saturated heterocycles. The number of hydrogen-bond donors (Lipinski definition) is 1. The molecular formula is C19H31F5N2O5S. The van der Waals surface area contributed by atoms with E-state index in [1.807, 2.05) is 0 Å². The maximum atomic E-state index is 12.8. The summed E-state index contributed by atoms with van der Waals surface area (Å²) < 4.78 is 93.2. The van der Waals surface area contributed by atoms with Crippen LogP contribution in [0.4, 0.5) is 22.0 Å². The molecule has 0 radical (unpaired) electrons. The molecule has 2 aliphatic heterocycles. The van der Waals surface area contributed by atoms with Crippen molar-refractivity contribution in [1.82, 2.24) is 8.77 Å². The van der Waals surface area contributed by atoms with E-state index in [1.54, 1.807) is 0 Å². The standard InChI is InChI=1S/C19H31F5N2O5S/c20-18(21,19(22,23)24)10-4-2-1-3-5-15-6-11-25(12-7-15)32(29,30)26(28)17(27)16-8-13-31-14-9-16/h15-16,28H,1-14H2. The van der Waals surface area contributed by atoms with E-state index < -0.39 is 40.6 Å². The maximum Gasteiger partial charge on any atom is 0.453 e. The number of carbonyl (C=O) groups is 1. The zero-order valence-electron chi connectivity index (χ0n) is 17.8. The van der Waals surface area contributed by atoms with Gasteiger partial charge in [0.1, 0.15) is 0 Å². The number of hydrogen-bond acceptors (Lipinski definition) is 5.